The number of aromatic hydroxyl groups is 1. The Labute approximate surface area is 153 Å². The number of nitrogens with one attached hydrogen (secondary N) is 1. The normalized spacial score (nSPS) is 12.1. The number of aryl methyl sites for hydroxylation is 1. The first-order chi connectivity index (χ1) is 12.8. The number of hydrogen-bond acceptors (Lipinski definition) is 5. The number of hydrogen-bond donors (Lipinski definition) is 4. The first kappa shape index (κ1) is 18.2. The highest BCUT2D eigenvalue weighted by molar-refractivity contribution is 5.79. The van der Waals surface area contributed by atoms with Gasteiger partial charge in [0.25, 0.3) is 0 Å². The zero-order valence-corrected chi connectivity index (χ0v) is 14.5. The lowest BCUT2D eigenvalue weighted by Crippen LogP contribution is -2.38. The molecule has 1 atom stereocenters. The van der Waals surface area contributed by atoms with E-state index in [1.54, 1.807) is 30.3 Å². The van der Waals surface area contributed by atoms with Gasteiger partial charge in [0.15, 0.2) is 0 Å². The largest absolute Gasteiger partial charge is 0.506 e. The van der Waals surface area contributed by atoms with Crippen LogP contribution in [0.5, 0.6) is 5.75 Å². The number of H-pyrrole nitrogens is 1. The number of aromatic amines is 1. The number of aromatic nitrogens is 3. The summed E-state index contributed by atoms with van der Waals surface area (Å²) in [6.07, 6.45) is 0.125. The third-order valence-corrected chi connectivity index (χ3v) is 4.19. The second kappa shape index (κ2) is 6.96. The highest BCUT2D eigenvalue weighted by atomic mass is 16.3. The summed E-state index contributed by atoms with van der Waals surface area (Å²) in [5, 5.41) is 12.6. The monoisotopic (exact) mass is 369 g/mol. The van der Waals surface area contributed by atoms with Crippen molar-refractivity contribution >= 4 is 5.91 Å². The van der Waals surface area contributed by atoms with Crippen LogP contribution in [0.3, 0.4) is 0 Å². The van der Waals surface area contributed by atoms with E-state index in [1.807, 2.05) is 6.92 Å². The summed E-state index contributed by atoms with van der Waals surface area (Å²) in [6, 6.07) is 10.3. The van der Waals surface area contributed by atoms with E-state index in [2.05, 4.69) is 5.10 Å². The number of phenolic OH excluding ortho intramolecular Hbond substituents is 1. The first-order valence-electron chi connectivity index (χ1n) is 8.16. The highest BCUT2D eigenvalue weighted by Gasteiger charge is 2.17. The predicted octanol–water partition coefficient (Wildman–Crippen LogP) is -0.314. The molecule has 3 rings (SSSR count). The Hall–Kier alpha value is -3.59. The van der Waals surface area contributed by atoms with Crippen LogP contribution in [0.15, 0.2) is 52.1 Å². The van der Waals surface area contributed by atoms with Crippen molar-refractivity contribution in [1.82, 2.24) is 14.3 Å². The van der Waals surface area contributed by atoms with Crippen molar-refractivity contribution in [2.24, 2.45) is 11.5 Å². The first-order valence-corrected chi connectivity index (χ1v) is 8.16. The maximum atomic E-state index is 12.8. The molecule has 1 amide bonds. The van der Waals surface area contributed by atoms with Gasteiger partial charge in [0, 0.05) is 0 Å². The number of rotatable bonds is 5. The number of carbonyl (C=O) groups excluding carboxylic acids is 1. The fraction of sp³-hybridized carbons (Fsp3) is 0.167. The minimum atomic E-state index is -0.907. The molecule has 9 heteroatoms. The number of amides is 1. The molecule has 3 aromatic rings. The molecule has 0 aliphatic heterocycles. The van der Waals surface area contributed by atoms with Crippen LogP contribution in [-0.4, -0.2) is 31.4 Å². The van der Waals surface area contributed by atoms with Gasteiger partial charge in [-0.25, -0.2) is 19.3 Å². The summed E-state index contributed by atoms with van der Waals surface area (Å²) >= 11 is 0. The minimum absolute atomic E-state index is 0.0668. The maximum absolute atomic E-state index is 12.8. The van der Waals surface area contributed by atoms with Crippen LogP contribution in [0.2, 0.25) is 0 Å². The number of carbonyl (C=O) groups is 1. The molecule has 0 bridgehead atoms. The van der Waals surface area contributed by atoms with Gasteiger partial charge >= 0.3 is 11.4 Å². The van der Waals surface area contributed by atoms with Gasteiger partial charge in [-0.3, -0.25) is 4.79 Å². The van der Waals surface area contributed by atoms with Gasteiger partial charge in [-0.2, -0.15) is 4.68 Å². The van der Waals surface area contributed by atoms with Gasteiger partial charge in [0.1, 0.15) is 11.4 Å². The number of benzene rings is 2. The van der Waals surface area contributed by atoms with Gasteiger partial charge in [0.05, 0.1) is 11.7 Å². The molecule has 0 radical (unpaired) electrons. The molecule has 9 nitrogen and oxygen atoms in total. The molecule has 1 heterocycles. The zero-order chi connectivity index (χ0) is 19.7. The molecule has 2 aromatic carbocycles. The average Bonchev–Trinajstić information content (AvgIpc) is 2.91. The van der Waals surface area contributed by atoms with E-state index < -0.39 is 23.3 Å². The van der Waals surface area contributed by atoms with Crippen molar-refractivity contribution in [3.63, 3.8) is 0 Å². The molecule has 1 aromatic heterocycles. The zero-order valence-electron chi connectivity index (χ0n) is 14.5. The summed E-state index contributed by atoms with van der Waals surface area (Å²) in [5.74, 6) is -0.883. The number of phenols is 1. The fourth-order valence-corrected chi connectivity index (χ4v) is 2.69. The van der Waals surface area contributed by atoms with Crippen LogP contribution >= 0.6 is 0 Å². The van der Waals surface area contributed by atoms with Crippen molar-refractivity contribution in [1.29, 1.82) is 0 Å². The van der Waals surface area contributed by atoms with Crippen molar-refractivity contribution in [2.75, 3.05) is 0 Å². The van der Waals surface area contributed by atoms with E-state index in [9.17, 15) is 19.5 Å². The van der Waals surface area contributed by atoms with Crippen LogP contribution in [0.25, 0.3) is 11.4 Å². The number of primary amides is 1. The van der Waals surface area contributed by atoms with Crippen LogP contribution in [0, 0.1) is 6.92 Å². The molecule has 0 saturated carbocycles. The Morgan fingerprint density at radius 2 is 1.85 bits per heavy atom. The molecular weight excluding hydrogens is 350 g/mol. The van der Waals surface area contributed by atoms with E-state index in [1.165, 1.54) is 12.1 Å². The second-order valence-corrected chi connectivity index (χ2v) is 6.24. The third-order valence-electron chi connectivity index (χ3n) is 4.19. The van der Waals surface area contributed by atoms with Crippen molar-refractivity contribution < 1.29 is 9.90 Å². The molecule has 0 aliphatic rings. The summed E-state index contributed by atoms with van der Waals surface area (Å²) in [7, 11) is 0. The highest BCUT2D eigenvalue weighted by Crippen LogP contribution is 2.21. The lowest BCUT2D eigenvalue weighted by atomic mass is 10.1. The Kier molecular flexibility index (Phi) is 4.70. The second-order valence-electron chi connectivity index (χ2n) is 6.24. The molecule has 0 spiro atoms. The van der Waals surface area contributed by atoms with Crippen LogP contribution in [0.1, 0.15) is 11.1 Å². The van der Waals surface area contributed by atoms with Crippen LogP contribution in [0.4, 0.5) is 0 Å². The quantitative estimate of drug-likeness (QED) is 0.486. The molecule has 6 N–H and O–H groups in total. The Balaban J connectivity index is 2.08. The Morgan fingerprint density at radius 3 is 2.48 bits per heavy atom. The van der Waals surface area contributed by atoms with Crippen LogP contribution < -0.4 is 22.8 Å². The standard InChI is InChI=1S/C18H19N5O4/c1-10-2-5-12(6-3-10)22-17(26)21-23(18(22)27)14-9-11(4-7-15(14)24)8-13(19)16(20)25/h2-7,9,13,24H,8,19H2,1H3,(H2,20,25)(H,21,26). The van der Waals surface area contributed by atoms with Gasteiger partial charge in [-0.15, -0.1) is 0 Å². The van der Waals surface area contributed by atoms with Gasteiger partial charge in [-0.05, 0) is 43.2 Å². The third kappa shape index (κ3) is 3.53. The molecule has 0 saturated heterocycles. The molecule has 0 fully saturated rings. The van der Waals surface area contributed by atoms with E-state index in [-0.39, 0.29) is 17.9 Å². The molecule has 140 valence electrons. The van der Waals surface area contributed by atoms with E-state index in [0.29, 0.717) is 11.3 Å². The molecular formula is C18H19N5O4. The van der Waals surface area contributed by atoms with Crippen molar-refractivity contribution in [3.8, 4) is 17.1 Å². The minimum Gasteiger partial charge on any atom is -0.506 e. The van der Waals surface area contributed by atoms with Gasteiger partial charge in [0.2, 0.25) is 5.91 Å². The molecule has 1 unspecified atom stereocenters. The maximum Gasteiger partial charge on any atom is 0.356 e. The van der Waals surface area contributed by atoms with Gasteiger partial charge in [-0.1, -0.05) is 23.8 Å². The van der Waals surface area contributed by atoms with Gasteiger partial charge < -0.3 is 16.6 Å². The summed E-state index contributed by atoms with van der Waals surface area (Å²) in [6.45, 7) is 1.89. The Morgan fingerprint density at radius 1 is 1.19 bits per heavy atom. The average molecular weight is 369 g/mol. The Bertz CT molecular complexity index is 1110. The number of nitrogens with two attached hydrogens (primary N) is 2. The summed E-state index contributed by atoms with van der Waals surface area (Å²) in [4.78, 5) is 36.2. The predicted molar refractivity (Wildman–Crippen MR) is 99.3 cm³/mol. The summed E-state index contributed by atoms with van der Waals surface area (Å²) in [5.41, 5.74) is 11.5. The van der Waals surface area contributed by atoms with Crippen molar-refractivity contribution in [2.45, 2.75) is 19.4 Å². The number of nitrogens with zero attached hydrogens (tertiary/aromatic N) is 2. The van der Waals surface area contributed by atoms with E-state index in [4.69, 9.17) is 11.5 Å². The molecule has 27 heavy (non-hydrogen) atoms. The SMILES string of the molecule is Cc1ccc(-n2c(=O)[nH]n(-c3cc(CC(N)C(N)=O)ccc3O)c2=O)cc1. The lowest BCUT2D eigenvalue weighted by molar-refractivity contribution is -0.119. The van der Waals surface area contributed by atoms with Crippen LogP contribution in [-0.2, 0) is 11.2 Å². The topological polar surface area (TPSA) is 149 Å². The smallest absolute Gasteiger partial charge is 0.356 e. The van der Waals surface area contributed by atoms with Crippen molar-refractivity contribution in [3.05, 3.63) is 74.6 Å². The summed E-state index contributed by atoms with van der Waals surface area (Å²) < 4.78 is 1.90. The van der Waals surface area contributed by atoms with E-state index >= 15 is 0 Å². The molecule has 0 aliphatic carbocycles. The van der Waals surface area contributed by atoms with E-state index in [0.717, 1.165) is 14.8 Å². The lowest BCUT2D eigenvalue weighted by Gasteiger charge is -2.10. The fourth-order valence-electron chi connectivity index (χ4n) is 2.69.